The summed E-state index contributed by atoms with van der Waals surface area (Å²) in [6, 6.07) is -0.740. The zero-order valence-corrected chi connectivity index (χ0v) is 7.01. The minimum atomic E-state index is -0.740. The van der Waals surface area contributed by atoms with Crippen molar-refractivity contribution in [1.29, 1.82) is 0 Å². The molecule has 0 unspecified atom stereocenters. The molecule has 0 aliphatic rings. The summed E-state index contributed by atoms with van der Waals surface area (Å²) in [7, 11) is 0. The second kappa shape index (κ2) is 5.96. The molecular weight excluding hydrogens is 168 g/mol. The Kier molecular flexibility index (Phi) is 5.54. The standard InChI is InChI=1S/C5H10N2O3S/c1-2-10-5(8)4(3-11)6-7-9/h4,11H,2-3H2,1H3,(H,6,9)/t4-/m0/s1. The molecule has 64 valence electrons. The van der Waals surface area contributed by atoms with Crippen LogP contribution in [-0.4, -0.2) is 24.4 Å². The van der Waals surface area contributed by atoms with Crippen molar-refractivity contribution in [3.63, 3.8) is 0 Å². The Morgan fingerprint density at radius 1 is 1.82 bits per heavy atom. The minimum Gasteiger partial charge on any atom is -0.464 e. The van der Waals surface area contributed by atoms with Crippen molar-refractivity contribution in [2.24, 2.45) is 5.29 Å². The lowest BCUT2D eigenvalue weighted by Gasteiger charge is -2.09. The lowest BCUT2D eigenvalue weighted by molar-refractivity contribution is -0.144. The van der Waals surface area contributed by atoms with Crippen LogP contribution in [0.3, 0.4) is 0 Å². The molecule has 0 aromatic carbocycles. The monoisotopic (exact) mass is 178 g/mol. The van der Waals surface area contributed by atoms with Gasteiger partial charge in [0.15, 0.2) is 6.04 Å². The van der Waals surface area contributed by atoms with Crippen LogP contribution >= 0.6 is 12.6 Å². The van der Waals surface area contributed by atoms with E-state index in [2.05, 4.69) is 22.7 Å². The molecule has 0 radical (unpaired) electrons. The molecule has 0 fully saturated rings. The molecule has 1 atom stereocenters. The highest BCUT2D eigenvalue weighted by atomic mass is 32.1. The van der Waals surface area contributed by atoms with E-state index < -0.39 is 12.0 Å². The van der Waals surface area contributed by atoms with E-state index in [-0.39, 0.29) is 12.4 Å². The highest BCUT2D eigenvalue weighted by Gasteiger charge is 2.16. The average molecular weight is 178 g/mol. The van der Waals surface area contributed by atoms with Gasteiger partial charge in [-0.1, -0.05) is 0 Å². The van der Waals surface area contributed by atoms with Crippen LogP contribution in [0.15, 0.2) is 5.29 Å². The van der Waals surface area contributed by atoms with Crippen LogP contribution in [0, 0.1) is 4.91 Å². The fourth-order valence-electron chi connectivity index (χ4n) is 0.475. The van der Waals surface area contributed by atoms with E-state index >= 15 is 0 Å². The SMILES string of the molecule is CCOC(=O)[C@H](CS)NN=O. The van der Waals surface area contributed by atoms with Gasteiger partial charge in [0.1, 0.15) is 0 Å². The first-order valence-electron chi connectivity index (χ1n) is 3.11. The summed E-state index contributed by atoms with van der Waals surface area (Å²) >= 11 is 3.82. The first kappa shape index (κ1) is 10.2. The third-order valence-corrected chi connectivity index (χ3v) is 1.33. The molecule has 5 nitrogen and oxygen atoms in total. The second-order valence-electron chi connectivity index (χ2n) is 1.71. The maximum Gasteiger partial charge on any atom is 0.331 e. The average Bonchev–Trinajstić information content (AvgIpc) is 2.00. The van der Waals surface area contributed by atoms with Gasteiger partial charge in [0, 0.05) is 5.75 Å². The van der Waals surface area contributed by atoms with E-state index in [1.54, 1.807) is 6.92 Å². The van der Waals surface area contributed by atoms with Gasteiger partial charge in [-0.25, -0.2) is 4.79 Å². The molecule has 0 bridgehead atoms. The second-order valence-corrected chi connectivity index (χ2v) is 2.07. The molecule has 11 heavy (non-hydrogen) atoms. The first-order chi connectivity index (χ1) is 5.26. The highest BCUT2D eigenvalue weighted by molar-refractivity contribution is 7.80. The van der Waals surface area contributed by atoms with Gasteiger partial charge in [0.05, 0.1) is 11.9 Å². The third-order valence-electron chi connectivity index (χ3n) is 0.962. The molecule has 0 rings (SSSR count). The minimum absolute atomic E-state index is 0.185. The Bertz CT molecular complexity index is 142. The summed E-state index contributed by atoms with van der Waals surface area (Å²) in [6.45, 7) is 1.96. The van der Waals surface area contributed by atoms with E-state index in [9.17, 15) is 9.70 Å². The molecule has 0 heterocycles. The molecule has 0 amide bonds. The van der Waals surface area contributed by atoms with Crippen LogP contribution in [0.4, 0.5) is 0 Å². The highest BCUT2D eigenvalue weighted by Crippen LogP contribution is 1.91. The van der Waals surface area contributed by atoms with E-state index in [0.29, 0.717) is 0 Å². The number of rotatable bonds is 5. The Morgan fingerprint density at radius 3 is 2.82 bits per heavy atom. The van der Waals surface area contributed by atoms with Crippen LogP contribution < -0.4 is 5.43 Å². The van der Waals surface area contributed by atoms with Crippen molar-refractivity contribution >= 4 is 18.6 Å². The molecule has 0 saturated heterocycles. The van der Waals surface area contributed by atoms with E-state index in [0.717, 1.165) is 0 Å². The number of esters is 1. The van der Waals surface area contributed by atoms with Crippen molar-refractivity contribution in [3.05, 3.63) is 4.91 Å². The molecule has 0 aromatic heterocycles. The van der Waals surface area contributed by atoms with Gasteiger partial charge in [-0.3, -0.25) is 5.43 Å². The van der Waals surface area contributed by atoms with Gasteiger partial charge >= 0.3 is 5.97 Å². The van der Waals surface area contributed by atoms with Crippen LogP contribution in [0.2, 0.25) is 0 Å². The first-order valence-corrected chi connectivity index (χ1v) is 3.74. The summed E-state index contributed by atoms with van der Waals surface area (Å²) in [5, 5.41) is 2.36. The number of nitrogens with zero attached hydrogens (tertiary/aromatic N) is 1. The molecule has 0 saturated carbocycles. The maximum atomic E-state index is 10.8. The molecule has 6 heteroatoms. The number of carbonyl (C=O) groups is 1. The molecule has 0 aliphatic heterocycles. The molecule has 1 N–H and O–H groups in total. The van der Waals surface area contributed by atoms with Gasteiger partial charge in [-0.15, -0.1) is 4.91 Å². The van der Waals surface area contributed by atoms with Crippen LogP contribution in [-0.2, 0) is 9.53 Å². The normalized spacial score (nSPS) is 11.8. The smallest absolute Gasteiger partial charge is 0.331 e. The summed E-state index contributed by atoms with van der Waals surface area (Å²) in [4.78, 5) is 20.5. The summed E-state index contributed by atoms with van der Waals surface area (Å²) in [5.41, 5.74) is 2.04. The predicted molar refractivity (Wildman–Crippen MR) is 43.2 cm³/mol. The van der Waals surface area contributed by atoms with Crippen molar-refractivity contribution in [2.75, 3.05) is 12.4 Å². The number of thiol groups is 1. The van der Waals surface area contributed by atoms with Crippen LogP contribution in [0.1, 0.15) is 6.92 Å². The molecule has 0 aliphatic carbocycles. The lowest BCUT2D eigenvalue weighted by Crippen LogP contribution is -2.36. The molecule has 0 spiro atoms. The fourth-order valence-corrected chi connectivity index (χ4v) is 0.705. The molecule has 0 aromatic rings. The third kappa shape index (κ3) is 3.82. The summed E-state index contributed by atoms with van der Waals surface area (Å²) < 4.78 is 4.60. The van der Waals surface area contributed by atoms with Gasteiger partial charge in [0.2, 0.25) is 0 Å². The van der Waals surface area contributed by atoms with Crippen molar-refractivity contribution < 1.29 is 9.53 Å². The Hall–Kier alpha value is -0.780. The van der Waals surface area contributed by atoms with Crippen molar-refractivity contribution in [2.45, 2.75) is 13.0 Å². The maximum absolute atomic E-state index is 10.8. The van der Waals surface area contributed by atoms with Gasteiger partial charge < -0.3 is 4.74 Å². The summed E-state index contributed by atoms with van der Waals surface area (Å²) in [5.74, 6) is -0.327. The van der Waals surface area contributed by atoms with Crippen molar-refractivity contribution in [3.8, 4) is 0 Å². The zero-order chi connectivity index (χ0) is 8.69. The van der Waals surface area contributed by atoms with Crippen LogP contribution in [0.25, 0.3) is 0 Å². The number of nitrogens with one attached hydrogen (secondary N) is 1. The molecular formula is C5H10N2O3S. The number of nitroso groups, excluding NO2 is 1. The Labute approximate surface area is 69.8 Å². The fraction of sp³-hybridized carbons (Fsp3) is 0.800. The van der Waals surface area contributed by atoms with Gasteiger partial charge in [0.25, 0.3) is 0 Å². The van der Waals surface area contributed by atoms with Gasteiger partial charge in [-0.05, 0) is 6.92 Å². The summed E-state index contributed by atoms with van der Waals surface area (Å²) in [6.07, 6.45) is 0. The van der Waals surface area contributed by atoms with E-state index in [1.165, 1.54) is 0 Å². The number of hydrogen-bond acceptors (Lipinski definition) is 5. The quantitative estimate of drug-likeness (QED) is 0.271. The predicted octanol–water partition coefficient (Wildman–Crippen LogP) is 0.119. The van der Waals surface area contributed by atoms with Crippen molar-refractivity contribution in [1.82, 2.24) is 5.43 Å². The van der Waals surface area contributed by atoms with Crippen LogP contribution in [0.5, 0.6) is 0 Å². The largest absolute Gasteiger partial charge is 0.464 e. The van der Waals surface area contributed by atoms with E-state index in [4.69, 9.17) is 0 Å². The lowest BCUT2D eigenvalue weighted by atomic mass is 10.4. The number of hydrogen-bond donors (Lipinski definition) is 2. The van der Waals surface area contributed by atoms with Gasteiger partial charge in [-0.2, -0.15) is 12.6 Å². The number of ether oxygens (including phenoxy) is 1. The zero-order valence-electron chi connectivity index (χ0n) is 6.11. The Morgan fingerprint density at radius 2 is 2.45 bits per heavy atom. The Balaban J connectivity index is 3.80. The topological polar surface area (TPSA) is 67.8 Å². The number of carbonyl (C=O) groups excluding carboxylic acids is 1. The van der Waals surface area contributed by atoms with E-state index in [1.807, 2.05) is 5.43 Å².